The maximum atomic E-state index is 12.7. The zero-order valence-electron chi connectivity index (χ0n) is 11.6. The summed E-state index contributed by atoms with van der Waals surface area (Å²) >= 11 is 0. The maximum absolute atomic E-state index is 12.7. The van der Waals surface area contributed by atoms with E-state index in [0.29, 0.717) is 0 Å². The average molecular weight is 272 g/mol. The van der Waals surface area contributed by atoms with E-state index >= 15 is 0 Å². The molecule has 4 rings (SSSR count). The van der Waals surface area contributed by atoms with Gasteiger partial charge in [0.15, 0.2) is 0 Å². The zero-order valence-corrected chi connectivity index (χ0v) is 11.6. The van der Waals surface area contributed by atoms with E-state index in [1.54, 1.807) is 0 Å². The van der Waals surface area contributed by atoms with E-state index in [1.807, 2.05) is 11.0 Å². The summed E-state index contributed by atoms with van der Waals surface area (Å²) in [6, 6.07) is 6.08. The summed E-state index contributed by atoms with van der Waals surface area (Å²) in [5, 5.41) is 3.39. The van der Waals surface area contributed by atoms with Crippen LogP contribution in [0.5, 0.6) is 0 Å². The lowest BCUT2D eigenvalue weighted by Crippen LogP contribution is -2.45. The minimum Gasteiger partial charge on any atom is -0.385 e. The van der Waals surface area contributed by atoms with E-state index in [0.717, 1.165) is 50.9 Å². The molecule has 1 amide bonds. The highest BCUT2D eigenvalue weighted by molar-refractivity contribution is 5.95. The summed E-state index contributed by atoms with van der Waals surface area (Å²) in [5.74, 6) is 0.165. The van der Waals surface area contributed by atoms with E-state index in [9.17, 15) is 4.79 Å². The summed E-state index contributed by atoms with van der Waals surface area (Å²) in [5.41, 5.74) is 3.29. The SMILES string of the molecule is O=C(c1ccc2c(c1)CCCN2)N1CC2CCC(C1)O2. The fourth-order valence-corrected chi connectivity index (χ4v) is 3.57. The smallest absolute Gasteiger partial charge is 0.254 e. The number of benzene rings is 1. The molecule has 2 saturated heterocycles. The third-order valence-electron chi connectivity index (χ3n) is 4.62. The number of carbonyl (C=O) groups excluding carboxylic acids is 1. The summed E-state index contributed by atoms with van der Waals surface area (Å²) in [4.78, 5) is 14.6. The van der Waals surface area contributed by atoms with Gasteiger partial charge in [-0.25, -0.2) is 0 Å². The molecule has 1 aromatic rings. The van der Waals surface area contributed by atoms with Crippen molar-refractivity contribution in [1.29, 1.82) is 0 Å². The van der Waals surface area contributed by atoms with E-state index in [4.69, 9.17) is 4.74 Å². The van der Waals surface area contributed by atoms with Crippen molar-refractivity contribution in [2.75, 3.05) is 25.0 Å². The number of hydrogen-bond acceptors (Lipinski definition) is 3. The third-order valence-corrected chi connectivity index (χ3v) is 4.62. The van der Waals surface area contributed by atoms with Crippen LogP contribution in [-0.4, -0.2) is 42.6 Å². The van der Waals surface area contributed by atoms with E-state index in [-0.39, 0.29) is 18.1 Å². The van der Waals surface area contributed by atoms with Gasteiger partial charge in [-0.1, -0.05) is 0 Å². The summed E-state index contributed by atoms with van der Waals surface area (Å²) in [6.45, 7) is 2.54. The first-order chi connectivity index (χ1) is 9.79. The molecule has 0 aliphatic carbocycles. The number of anilines is 1. The normalized spacial score (nSPS) is 27.9. The van der Waals surface area contributed by atoms with Crippen molar-refractivity contribution in [2.24, 2.45) is 0 Å². The van der Waals surface area contributed by atoms with Crippen molar-refractivity contribution in [3.63, 3.8) is 0 Å². The Morgan fingerprint density at radius 2 is 2.05 bits per heavy atom. The lowest BCUT2D eigenvalue weighted by molar-refractivity contribution is -0.0303. The molecule has 2 fully saturated rings. The molecule has 2 bridgehead atoms. The van der Waals surface area contributed by atoms with Crippen molar-refractivity contribution in [2.45, 2.75) is 37.9 Å². The Labute approximate surface area is 119 Å². The van der Waals surface area contributed by atoms with Crippen LogP contribution in [0.4, 0.5) is 5.69 Å². The first kappa shape index (κ1) is 12.2. The molecule has 0 spiro atoms. The molecule has 1 aromatic carbocycles. The second-order valence-corrected chi connectivity index (χ2v) is 6.07. The van der Waals surface area contributed by atoms with Gasteiger partial charge < -0.3 is 15.0 Å². The topological polar surface area (TPSA) is 41.6 Å². The van der Waals surface area contributed by atoms with Crippen LogP contribution >= 0.6 is 0 Å². The van der Waals surface area contributed by atoms with Crippen LogP contribution < -0.4 is 5.32 Å². The molecule has 4 heteroatoms. The second kappa shape index (κ2) is 4.77. The average Bonchev–Trinajstić information content (AvgIpc) is 2.84. The largest absolute Gasteiger partial charge is 0.385 e. The van der Waals surface area contributed by atoms with Crippen LogP contribution in [0.3, 0.4) is 0 Å². The van der Waals surface area contributed by atoms with Gasteiger partial charge in [0.2, 0.25) is 0 Å². The number of likely N-dealkylation sites (tertiary alicyclic amines) is 1. The lowest BCUT2D eigenvalue weighted by Gasteiger charge is -2.32. The lowest BCUT2D eigenvalue weighted by atomic mass is 10.00. The Morgan fingerprint density at radius 3 is 2.85 bits per heavy atom. The van der Waals surface area contributed by atoms with E-state index < -0.39 is 0 Å². The van der Waals surface area contributed by atoms with Gasteiger partial charge in [0.25, 0.3) is 5.91 Å². The molecule has 3 aliphatic heterocycles. The summed E-state index contributed by atoms with van der Waals surface area (Å²) in [6.07, 6.45) is 4.93. The summed E-state index contributed by atoms with van der Waals surface area (Å²) in [7, 11) is 0. The zero-order chi connectivity index (χ0) is 13.5. The molecule has 0 saturated carbocycles. The summed E-state index contributed by atoms with van der Waals surface area (Å²) < 4.78 is 5.80. The monoisotopic (exact) mass is 272 g/mol. The van der Waals surface area contributed by atoms with Crippen molar-refractivity contribution in [3.8, 4) is 0 Å². The molecule has 2 unspecified atom stereocenters. The number of morpholine rings is 1. The molecule has 2 atom stereocenters. The van der Waals surface area contributed by atoms with E-state index in [2.05, 4.69) is 17.4 Å². The number of nitrogens with zero attached hydrogens (tertiary/aromatic N) is 1. The van der Waals surface area contributed by atoms with Gasteiger partial charge in [0, 0.05) is 30.9 Å². The molecular weight excluding hydrogens is 252 g/mol. The Hall–Kier alpha value is -1.55. The number of hydrogen-bond donors (Lipinski definition) is 1. The number of aryl methyl sites for hydroxylation is 1. The van der Waals surface area contributed by atoms with Crippen LogP contribution in [-0.2, 0) is 11.2 Å². The Balaban J connectivity index is 1.56. The van der Waals surface area contributed by atoms with Crippen LogP contribution in [0.1, 0.15) is 35.2 Å². The standard InChI is InChI=1S/C16H20N2O2/c19-16(18-9-13-4-5-14(10-18)20-13)12-3-6-15-11(8-12)2-1-7-17-15/h3,6,8,13-14,17H,1-2,4-5,7,9-10H2. The number of rotatable bonds is 1. The fourth-order valence-electron chi connectivity index (χ4n) is 3.57. The van der Waals surface area contributed by atoms with Gasteiger partial charge in [-0.3, -0.25) is 4.79 Å². The Kier molecular flexibility index (Phi) is 2.91. The first-order valence-electron chi connectivity index (χ1n) is 7.61. The molecule has 20 heavy (non-hydrogen) atoms. The van der Waals surface area contributed by atoms with Crippen molar-refractivity contribution in [3.05, 3.63) is 29.3 Å². The number of nitrogens with one attached hydrogen (secondary N) is 1. The van der Waals surface area contributed by atoms with Crippen LogP contribution in [0.2, 0.25) is 0 Å². The number of carbonyl (C=O) groups is 1. The van der Waals surface area contributed by atoms with Gasteiger partial charge in [-0.05, 0) is 49.4 Å². The van der Waals surface area contributed by atoms with Crippen LogP contribution in [0.25, 0.3) is 0 Å². The van der Waals surface area contributed by atoms with Crippen LogP contribution in [0.15, 0.2) is 18.2 Å². The fraction of sp³-hybridized carbons (Fsp3) is 0.562. The number of fused-ring (bicyclic) bond motifs is 3. The molecule has 106 valence electrons. The quantitative estimate of drug-likeness (QED) is 0.850. The molecule has 3 heterocycles. The number of ether oxygens (including phenoxy) is 1. The molecule has 3 aliphatic rings. The molecule has 4 nitrogen and oxygen atoms in total. The van der Waals surface area contributed by atoms with Crippen molar-refractivity contribution >= 4 is 11.6 Å². The highest BCUT2D eigenvalue weighted by Gasteiger charge is 2.36. The predicted molar refractivity (Wildman–Crippen MR) is 77.1 cm³/mol. The highest BCUT2D eigenvalue weighted by atomic mass is 16.5. The molecular formula is C16H20N2O2. The number of amides is 1. The van der Waals surface area contributed by atoms with Gasteiger partial charge in [0.1, 0.15) is 0 Å². The van der Waals surface area contributed by atoms with Gasteiger partial charge >= 0.3 is 0 Å². The van der Waals surface area contributed by atoms with Gasteiger partial charge in [0.05, 0.1) is 12.2 Å². The van der Waals surface area contributed by atoms with Crippen molar-refractivity contribution < 1.29 is 9.53 Å². The molecule has 0 aromatic heterocycles. The van der Waals surface area contributed by atoms with Crippen LogP contribution in [0, 0.1) is 0 Å². The molecule has 1 N–H and O–H groups in total. The highest BCUT2D eigenvalue weighted by Crippen LogP contribution is 2.28. The Morgan fingerprint density at radius 1 is 1.25 bits per heavy atom. The van der Waals surface area contributed by atoms with Gasteiger partial charge in [-0.15, -0.1) is 0 Å². The first-order valence-corrected chi connectivity index (χ1v) is 7.61. The molecule has 0 radical (unpaired) electrons. The van der Waals surface area contributed by atoms with Gasteiger partial charge in [-0.2, -0.15) is 0 Å². The predicted octanol–water partition coefficient (Wildman–Crippen LogP) is 2.05. The second-order valence-electron chi connectivity index (χ2n) is 6.07. The van der Waals surface area contributed by atoms with E-state index in [1.165, 1.54) is 11.3 Å². The maximum Gasteiger partial charge on any atom is 0.254 e. The Bertz CT molecular complexity index is 531. The third kappa shape index (κ3) is 2.08. The minimum absolute atomic E-state index is 0.165. The minimum atomic E-state index is 0.165. The van der Waals surface area contributed by atoms with Crippen molar-refractivity contribution in [1.82, 2.24) is 4.90 Å².